The normalized spacial score (nSPS) is 26.5. The second-order valence-electron chi connectivity index (χ2n) is 6.30. The van der Waals surface area contributed by atoms with Gasteiger partial charge < -0.3 is 0 Å². The SMILES string of the molecule is O=C1CCCCC1[C@H](c1ccccc1)C1CCCC1. The molecule has 0 aromatic heterocycles. The van der Waals surface area contributed by atoms with Gasteiger partial charge in [-0.1, -0.05) is 49.6 Å². The maximum Gasteiger partial charge on any atom is 0.136 e. The fourth-order valence-corrected chi connectivity index (χ4v) is 4.21. The molecule has 0 saturated heterocycles. The summed E-state index contributed by atoms with van der Waals surface area (Å²) in [4.78, 5) is 12.4. The van der Waals surface area contributed by atoms with Crippen molar-refractivity contribution < 1.29 is 4.79 Å². The van der Waals surface area contributed by atoms with Crippen LogP contribution in [0.5, 0.6) is 0 Å². The summed E-state index contributed by atoms with van der Waals surface area (Å²) < 4.78 is 0. The minimum absolute atomic E-state index is 0.305. The van der Waals surface area contributed by atoms with E-state index in [-0.39, 0.29) is 0 Å². The van der Waals surface area contributed by atoms with E-state index in [1.165, 1.54) is 37.7 Å². The minimum atomic E-state index is 0.305. The predicted octanol–water partition coefficient (Wildman–Crippen LogP) is 4.72. The molecule has 3 rings (SSSR count). The Bertz CT molecular complexity index is 417. The van der Waals surface area contributed by atoms with Crippen molar-refractivity contribution in [3.8, 4) is 0 Å². The first kappa shape index (κ1) is 12.9. The summed E-state index contributed by atoms with van der Waals surface area (Å²) in [5, 5.41) is 0. The van der Waals surface area contributed by atoms with Crippen LogP contribution < -0.4 is 0 Å². The topological polar surface area (TPSA) is 17.1 Å². The third kappa shape index (κ3) is 2.75. The van der Waals surface area contributed by atoms with Gasteiger partial charge in [0.05, 0.1) is 0 Å². The Hall–Kier alpha value is -1.11. The molecule has 2 atom stereocenters. The Labute approximate surface area is 116 Å². The number of ketones is 1. The molecule has 2 fully saturated rings. The Kier molecular flexibility index (Phi) is 4.00. The average Bonchev–Trinajstić information content (AvgIpc) is 2.96. The lowest BCUT2D eigenvalue weighted by atomic mass is 9.70. The van der Waals surface area contributed by atoms with Crippen LogP contribution in [0, 0.1) is 11.8 Å². The van der Waals surface area contributed by atoms with Gasteiger partial charge in [-0.15, -0.1) is 0 Å². The van der Waals surface area contributed by atoms with Crippen LogP contribution in [0.3, 0.4) is 0 Å². The molecule has 0 amide bonds. The second-order valence-corrected chi connectivity index (χ2v) is 6.30. The van der Waals surface area contributed by atoms with Gasteiger partial charge in [-0.2, -0.15) is 0 Å². The van der Waals surface area contributed by atoms with Crippen LogP contribution >= 0.6 is 0 Å². The van der Waals surface area contributed by atoms with Gasteiger partial charge in [0.15, 0.2) is 0 Å². The first-order valence-corrected chi connectivity index (χ1v) is 7.94. The zero-order chi connectivity index (χ0) is 13.1. The molecule has 0 spiro atoms. The van der Waals surface area contributed by atoms with E-state index in [4.69, 9.17) is 0 Å². The molecular weight excluding hydrogens is 232 g/mol. The molecule has 1 aromatic carbocycles. The molecule has 0 heterocycles. The molecule has 1 nitrogen and oxygen atoms in total. The van der Waals surface area contributed by atoms with Gasteiger partial charge in [0.25, 0.3) is 0 Å². The molecule has 1 aromatic rings. The van der Waals surface area contributed by atoms with E-state index in [1.54, 1.807) is 0 Å². The number of benzene rings is 1. The van der Waals surface area contributed by atoms with Crippen LogP contribution in [0.25, 0.3) is 0 Å². The molecule has 0 bridgehead atoms. The van der Waals surface area contributed by atoms with E-state index in [0.29, 0.717) is 17.6 Å². The smallest absolute Gasteiger partial charge is 0.136 e. The van der Waals surface area contributed by atoms with Gasteiger partial charge in [0.1, 0.15) is 5.78 Å². The summed E-state index contributed by atoms with van der Waals surface area (Å²) in [6.45, 7) is 0. The molecule has 1 heteroatoms. The number of Topliss-reactive ketones (excluding diaryl/α,β-unsaturated/α-hetero) is 1. The maximum absolute atomic E-state index is 12.4. The Morgan fingerprint density at radius 2 is 1.58 bits per heavy atom. The average molecular weight is 256 g/mol. The molecule has 102 valence electrons. The number of carbonyl (C=O) groups is 1. The molecule has 1 unspecified atom stereocenters. The number of carbonyl (C=O) groups excluding carboxylic acids is 1. The van der Waals surface area contributed by atoms with E-state index >= 15 is 0 Å². The van der Waals surface area contributed by atoms with Crippen molar-refractivity contribution in [2.45, 2.75) is 57.3 Å². The predicted molar refractivity (Wildman–Crippen MR) is 78.1 cm³/mol. The zero-order valence-corrected chi connectivity index (χ0v) is 11.7. The van der Waals surface area contributed by atoms with Gasteiger partial charge in [0, 0.05) is 12.3 Å². The van der Waals surface area contributed by atoms with Crippen molar-refractivity contribution in [1.82, 2.24) is 0 Å². The number of rotatable bonds is 3. The van der Waals surface area contributed by atoms with E-state index in [1.807, 2.05) is 0 Å². The fraction of sp³-hybridized carbons (Fsp3) is 0.611. The molecule has 0 aliphatic heterocycles. The quantitative estimate of drug-likeness (QED) is 0.764. The summed E-state index contributed by atoms with van der Waals surface area (Å²) in [7, 11) is 0. The third-order valence-electron chi connectivity index (χ3n) is 5.13. The Balaban J connectivity index is 1.89. The highest BCUT2D eigenvalue weighted by atomic mass is 16.1. The van der Waals surface area contributed by atoms with Crippen molar-refractivity contribution in [1.29, 1.82) is 0 Å². The number of hydrogen-bond donors (Lipinski definition) is 0. The molecule has 0 radical (unpaired) electrons. The third-order valence-corrected chi connectivity index (χ3v) is 5.13. The Morgan fingerprint density at radius 1 is 0.895 bits per heavy atom. The summed E-state index contributed by atoms with van der Waals surface area (Å²) in [5.74, 6) is 2.08. The van der Waals surface area contributed by atoms with Crippen LogP contribution in [-0.4, -0.2) is 5.78 Å². The summed E-state index contributed by atoms with van der Waals surface area (Å²) in [6.07, 6.45) is 9.65. The lowest BCUT2D eigenvalue weighted by Crippen LogP contribution is -2.29. The number of hydrogen-bond acceptors (Lipinski definition) is 1. The summed E-state index contributed by atoms with van der Waals surface area (Å²) in [5.41, 5.74) is 1.41. The van der Waals surface area contributed by atoms with E-state index in [2.05, 4.69) is 30.3 Å². The monoisotopic (exact) mass is 256 g/mol. The molecular formula is C18H24O. The van der Waals surface area contributed by atoms with Gasteiger partial charge in [-0.25, -0.2) is 0 Å². The summed E-state index contributed by atoms with van der Waals surface area (Å²) in [6, 6.07) is 10.8. The van der Waals surface area contributed by atoms with Gasteiger partial charge in [-0.05, 0) is 43.1 Å². The van der Waals surface area contributed by atoms with Crippen LogP contribution in [0.2, 0.25) is 0 Å². The van der Waals surface area contributed by atoms with Gasteiger partial charge in [0.2, 0.25) is 0 Å². The fourth-order valence-electron chi connectivity index (χ4n) is 4.21. The first-order valence-electron chi connectivity index (χ1n) is 7.94. The lowest BCUT2D eigenvalue weighted by Gasteiger charge is -2.33. The molecule has 2 aliphatic carbocycles. The van der Waals surface area contributed by atoms with Gasteiger partial charge >= 0.3 is 0 Å². The maximum atomic E-state index is 12.4. The summed E-state index contributed by atoms with van der Waals surface area (Å²) >= 11 is 0. The van der Waals surface area contributed by atoms with Crippen molar-refractivity contribution in [3.05, 3.63) is 35.9 Å². The highest BCUT2D eigenvalue weighted by Crippen LogP contribution is 2.45. The highest BCUT2D eigenvalue weighted by molar-refractivity contribution is 5.82. The minimum Gasteiger partial charge on any atom is -0.299 e. The second kappa shape index (κ2) is 5.90. The standard InChI is InChI=1S/C18H24O/c19-17-13-7-6-12-16(17)18(15-10-4-5-11-15)14-8-2-1-3-9-14/h1-3,8-9,15-16,18H,4-7,10-13H2/t16?,18-/m1/s1. The Morgan fingerprint density at radius 3 is 2.26 bits per heavy atom. The van der Waals surface area contributed by atoms with Crippen molar-refractivity contribution in [2.24, 2.45) is 11.8 Å². The van der Waals surface area contributed by atoms with E-state index in [9.17, 15) is 4.79 Å². The van der Waals surface area contributed by atoms with E-state index in [0.717, 1.165) is 25.2 Å². The van der Waals surface area contributed by atoms with Crippen molar-refractivity contribution in [3.63, 3.8) is 0 Å². The molecule has 19 heavy (non-hydrogen) atoms. The van der Waals surface area contributed by atoms with E-state index < -0.39 is 0 Å². The van der Waals surface area contributed by atoms with Crippen molar-refractivity contribution >= 4 is 5.78 Å². The zero-order valence-electron chi connectivity index (χ0n) is 11.7. The van der Waals surface area contributed by atoms with Crippen LogP contribution in [0.4, 0.5) is 0 Å². The van der Waals surface area contributed by atoms with Crippen LogP contribution in [0.1, 0.15) is 62.8 Å². The largest absolute Gasteiger partial charge is 0.299 e. The highest BCUT2D eigenvalue weighted by Gasteiger charge is 2.37. The van der Waals surface area contributed by atoms with Gasteiger partial charge in [-0.3, -0.25) is 4.79 Å². The van der Waals surface area contributed by atoms with Crippen LogP contribution in [-0.2, 0) is 4.79 Å². The van der Waals surface area contributed by atoms with Crippen LogP contribution in [0.15, 0.2) is 30.3 Å². The molecule has 2 saturated carbocycles. The molecule has 0 N–H and O–H groups in total. The molecule has 2 aliphatic rings. The lowest BCUT2D eigenvalue weighted by molar-refractivity contribution is -0.125. The van der Waals surface area contributed by atoms with Crippen molar-refractivity contribution in [2.75, 3.05) is 0 Å². The first-order chi connectivity index (χ1) is 9.36.